The number of ether oxygens (including phenoxy) is 1. The first-order valence-corrected chi connectivity index (χ1v) is 16.9. The van der Waals surface area contributed by atoms with Crippen molar-refractivity contribution >= 4 is 39.8 Å². The van der Waals surface area contributed by atoms with Gasteiger partial charge in [-0.3, -0.25) is 14.7 Å². The van der Waals surface area contributed by atoms with Gasteiger partial charge in [-0.2, -0.15) is 15.2 Å². The summed E-state index contributed by atoms with van der Waals surface area (Å²) in [5, 5.41) is 12.2. The van der Waals surface area contributed by atoms with Gasteiger partial charge in [-0.25, -0.2) is 4.39 Å². The quantitative estimate of drug-likeness (QED) is 0.284. The monoisotopic (exact) mass is 658 g/mol. The molecule has 47 heavy (non-hydrogen) atoms. The highest BCUT2D eigenvalue weighted by Crippen LogP contribution is 2.50. The normalized spacial score (nSPS) is 24.1. The van der Waals surface area contributed by atoms with Crippen LogP contribution in [0.4, 0.5) is 15.9 Å². The van der Waals surface area contributed by atoms with Gasteiger partial charge in [0.1, 0.15) is 5.82 Å². The molecule has 2 saturated carbocycles. The van der Waals surface area contributed by atoms with Crippen molar-refractivity contribution in [3.63, 3.8) is 0 Å². The zero-order valence-electron chi connectivity index (χ0n) is 27.0. The average Bonchev–Trinajstić information content (AvgIpc) is 3.72. The number of fused-ring (bicyclic) bond motifs is 2. The zero-order chi connectivity index (χ0) is 32.9. The minimum absolute atomic E-state index is 0.0730. The van der Waals surface area contributed by atoms with Gasteiger partial charge in [0, 0.05) is 66.2 Å². The van der Waals surface area contributed by atoms with Gasteiger partial charge < -0.3 is 19.4 Å². The maximum Gasteiger partial charge on any atom is 0.318 e. The van der Waals surface area contributed by atoms with Crippen LogP contribution in [0.15, 0.2) is 43.0 Å². The van der Waals surface area contributed by atoms with Crippen LogP contribution in [-0.4, -0.2) is 88.1 Å². The molecule has 7 rings (SSSR count). The fraction of sp³-hybridized carbons (Fsp3) is 0.514. The summed E-state index contributed by atoms with van der Waals surface area (Å²) in [4.78, 5) is 35.3. The molecule has 3 atom stereocenters. The summed E-state index contributed by atoms with van der Waals surface area (Å²) in [6.07, 6.45) is 9.32. The number of hydrogen-bond acceptors (Lipinski definition) is 9. The number of rotatable bonds is 9. The summed E-state index contributed by atoms with van der Waals surface area (Å²) in [5.74, 6) is -0.649. The SMILES string of the molecule is C=C(F)C(=O)N1CCN(c2nc(OCC3C[C@@]3(C)N(C)C3CCC3)nc3c2CCN(c2cncc4cccc(Cl)c24)C3)C[C@@H]1CC#N. The second kappa shape index (κ2) is 12.5. The summed E-state index contributed by atoms with van der Waals surface area (Å²) in [6, 6.07) is 8.47. The highest BCUT2D eigenvalue weighted by molar-refractivity contribution is 6.36. The smallest absolute Gasteiger partial charge is 0.318 e. The fourth-order valence-electron chi connectivity index (χ4n) is 7.56. The van der Waals surface area contributed by atoms with E-state index in [1.54, 1.807) is 0 Å². The Morgan fingerprint density at radius 2 is 2.06 bits per heavy atom. The molecule has 4 aliphatic rings. The van der Waals surface area contributed by atoms with Crippen molar-refractivity contribution in [2.24, 2.45) is 5.92 Å². The van der Waals surface area contributed by atoms with Gasteiger partial charge in [-0.1, -0.05) is 36.7 Å². The van der Waals surface area contributed by atoms with Crippen LogP contribution in [-0.2, 0) is 17.8 Å². The van der Waals surface area contributed by atoms with Gasteiger partial charge in [0.05, 0.1) is 54.3 Å². The minimum atomic E-state index is -1.02. The lowest BCUT2D eigenvalue weighted by Crippen LogP contribution is -2.55. The summed E-state index contributed by atoms with van der Waals surface area (Å²) < 4.78 is 20.3. The van der Waals surface area contributed by atoms with E-state index in [0.717, 1.165) is 40.0 Å². The van der Waals surface area contributed by atoms with E-state index in [-0.39, 0.29) is 18.5 Å². The number of benzene rings is 1. The Labute approximate surface area is 279 Å². The number of halogens is 2. The second-order valence-corrected chi connectivity index (χ2v) is 14.0. The Balaban J connectivity index is 1.19. The molecular weight excluding hydrogens is 619 g/mol. The van der Waals surface area contributed by atoms with Crippen molar-refractivity contribution in [3.05, 3.63) is 59.3 Å². The Bertz CT molecular complexity index is 1760. The minimum Gasteiger partial charge on any atom is -0.463 e. The molecule has 1 saturated heterocycles. The lowest BCUT2D eigenvalue weighted by atomic mass is 9.90. The zero-order valence-corrected chi connectivity index (χ0v) is 27.7. The van der Waals surface area contributed by atoms with Crippen LogP contribution in [0.5, 0.6) is 6.01 Å². The summed E-state index contributed by atoms with van der Waals surface area (Å²) in [6.45, 7) is 8.28. The molecule has 3 aromatic rings. The number of carbonyl (C=O) groups is 1. The molecule has 12 heteroatoms. The number of carbonyl (C=O) groups excluding carboxylic acids is 1. The van der Waals surface area contributed by atoms with Crippen molar-refractivity contribution in [2.75, 3.05) is 49.6 Å². The maximum absolute atomic E-state index is 13.9. The van der Waals surface area contributed by atoms with Gasteiger partial charge in [-0.05, 0) is 45.7 Å². The summed E-state index contributed by atoms with van der Waals surface area (Å²) in [5.41, 5.74) is 2.94. The van der Waals surface area contributed by atoms with E-state index in [2.05, 4.69) is 46.3 Å². The number of nitriles is 1. The van der Waals surface area contributed by atoms with E-state index in [4.69, 9.17) is 26.3 Å². The molecule has 0 radical (unpaired) electrons. The predicted octanol–water partition coefficient (Wildman–Crippen LogP) is 5.30. The first-order valence-electron chi connectivity index (χ1n) is 16.5. The molecule has 1 unspecified atom stereocenters. The highest BCUT2D eigenvalue weighted by Gasteiger charge is 2.55. The standard InChI is InChI=1S/C35H40ClFN8O2/c1-22(37)33(46)45-15-14-44(19-26(45)10-12-38)32-27-11-13-43(30-18-39-17-23-6-4-9-28(36)31(23)30)20-29(27)40-34(41-32)47-21-24-16-35(24,2)42(3)25-7-5-8-25/h4,6,9,17-18,24-26H,1,5,7-8,10-11,13-16,19-21H2,2-3H3/t24?,26-,35+/m0/s1. The lowest BCUT2D eigenvalue weighted by molar-refractivity contribution is -0.131. The molecule has 2 aliphatic carbocycles. The number of pyridine rings is 1. The molecule has 246 valence electrons. The lowest BCUT2D eigenvalue weighted by Gasteiger charge is -2.42. The van der Waals surface area contributed by atoms with Crippen molar-refractivity contribution in [2.45, 2.75) is 69.6 Å². The third-order valence-corrected chi connectivity index (χ3v) is 11.2. The molecule has 1 amide bonds. The number of aromatic nitrogens is 3. The van der Waals surface area contributed by atoms with Crippen LogP contribution in [0, 0.1) is 17.2 Å². The fourth-order valence-corrected chi connectivity index (χ4v) is 7.84. The van der Waals surface area contributed by atoms with E-state index >= 15 is 0 Å². The van der Waals surface area contributed by atoms with Gasteiger partial charge in [-0.15, -0.1) is 0 Å². The first-order chi connectivity index (χ1) is 22.7. The first kappa shape index (κ1) is 31.6. The summed E-state index contributed by atoms with van der Waals surface area (Å²) >= 11 is 6.69. The van der Waals surface area contributed by atoms with Crippen LogP contribution >= 0.6 is 11.6 Å². The largest absolute Gasteiger partial charge is 0.463 e. The molecule has 1 aromatic carbocycles. The molecule has 0 bridgehead atoms. The third-order valence-electron chi connectivity index (χ3n) is 10.9. The van der Waals surface area contributed by atoms with Crippen molar-refractivity contribution in [3.8, 4) is 12.1 Å². The number of hydrogen-bond donors (Lipinski definition) is 0. The molecule has 2 aromatic heterocycles. The molecule has 0 spiro atoms. The topological polar surface area (TPSA) is 102 Å². The van der Waals surface area contributed by atoms with Gasteiger partial charge >= 0.3 is 6.01 Å². The number of amides is 1. The van der Waals surface area contributed by atoms with E-state index in [1.165, 1.54) is 24.2 Å². The average molecular weight is 659 g/mol. The molecular formula is C35H40ClFN8O2. The summed E-state index contributed by atoms with van der Waals surface area (Å²) in [7, 11) is 2.24. The van der Waals surface area contributed by atoms with Crippen LogP contribution in [0.25, 0.3) is 10.8 Å². The molecule has 10 nitrogen and oxygen atoms in total. The second-order valence-electron chi connectivity index (χ2n) is 13.6. The molecule has 3 fully saturated rings. The van der Waals surface area contributed by atoms with E-state index in [9.17, 15) is 14.4 Å². The van der Waals surface area contributed by atoms with Gasteiger partial charge in [0.25, 0.3) is 5.91 Å². The third kappa shape index (κ3) is 5.87. The van der Waals surface area contributed by atoms with Crippen molar-refractivity contribution in [1.29, 1.82) is 5.26 Å². The van der Waals surface area contributed by atoms with Crippen LogP contribution in [0.2, 0.25) is 5.02 Å². The molecule has 2 aliphatic heterocycles. The predicted molar refractivity (Wildman–Crippen MR) is 179 cm³/mol. The molecule has 4 heterocycles. The Morgan fingerprint density at radius 3 is 2.81 bits per heavy atom. The van der Waals surface area contributed by atoms with Crippen LogP contribution in [0.1, 0.15) is 50.3 Å². The van der Waals surface area contributed by atoms with Gasteiger partial charge in [0.2, 0.25) is 0 Å². The highest BCUT2D eigenvalue weighted by atomic mass is 35.5. The maximum atomic E-state index is 13.9. The Kier molecular flexibility index (Phi) is 8.43. The van der Waals surface area contributed by atoms with Crippen LogP contribution < -0.4 is 14.5 Å². The van der Waals surface area contributed by atoms with E-state index in [0.29, 0.717) is 62.2 Å². The molecule has 0 N–H and O–H groups in total. The van der Waals surface area contributed by atoms with E-state index in [1.807, 2.05) is 30.6 Å². The number of anilines is 2. The van der Waals surface area contributed by atoms with Crippen molar-refractivity contribution in [1.82, 2.24) is 24.8 Å². The van der Waals surface area contributed by atoms with Crippen molar-refractivity contribution < 1.29 is 13.9 Å². The number of nitrogens with zero attached hydrogens (tertiary/aromatic N) is 8. The van der Waals surface area contributed by atoms with Gasteiger partial charge in [0.15, 0.2) is 5.83 Å². The number of piperazine rings is 1. The van der Waals surface area contributed by atoms with Crippen LogP contribution in [0.3, 0.4) is 0 Å². The Hall–Kier alpha value is -4.01. The Morgan fingerprint density at radius 1 is 1.23 bits per heavy atom. The van der Waals surface area contributed by atoms with E-state index < -0.39 is 17.8 Å².